The molecule has 1 atom stereocenters. The molecule has 5 nitrogen and oxygen atoms in total. The van der Waals surface area contributed by atoms with E-state index < -0.39 is 0 Å². The molecule has 96 valence electrons. The van der Waals surface area contributed by atoms with Crippen LogP contribution in [0.1, 0.15) is 19.4 Å². The Morgan fingerprint density at radius 2 is 2.06 bits per heavy atom. The second-order valence-corrected chi connectivity index (χ2v) is 4.78. The lowest BCUT2D eigenvalue weighted by Gasteiger charge is -2.37. The van der Waals surface area contributed by atoms with Crippen LogP contribution in [-0.2, 0) is 16.1 Å². The van der Waals surface area contributed by atoms with Crippen LogP contribution < -0.4 is 5.32 Å². The Balaban J connectivity index is 2.21. The highest BCUT2D eigenvalue weighted by Gasteiger charge is 2.36. The van der Waals surface area contributed by atoms with E-state index in [0.717, 1.165) is 5.56 Å². The molecule has 0 spiro atoms. The number of hydrogen-bond acceptors (Lipinski definition) is 3. The molecular weight excluding hydrogens is 230 g/mol. The third kappa shape index (κ3) is 2.50. The molecule has 1 N–H and O–H groups in total. The van der Waals surface area contributed by atoms with Gasteiger partial charge < -0.3 is 10.2 Å². The van der Waals surface area contributed by atoms with Gasteiger partial charge in [-0.15, -0.1) is 0 Å². The minimum atomic E-state index is -0.389. The summed E-state index contributed by atoms with van der Waals surface area (Å²) in [7, 11) is 0. The lowest BCUT2D eigenvalue weighted by Crippen LogP contribution is -2.59. The molecule has 0 aromatic carbocycles. The number of nitrogens with one attached hydrogen (secondary N) is 1. The molecule has 1 aliphatic rings. The highest BCUT2D eigenvalue weighted by Crippen LogP contribution is 2.17. The number of hydrogen-bond donors (Lipinski definition) is 1. The molecule has 1 unspecified atom stereocenters. The van der Waals surface area contributed by atoms with Gasteiger partial charge in [0.2, 0.25) is 11.8 Å². The number of nitrogens with zero attached hydrogens (tertiary/aromatic N) is 2. The highest BCUT2D eigenvalue weighted by molar-refractivity contribution is 5.94. The van der Waals surface area contributed by atoms with Crippen LogP contribution in [0.2, 0.25) is 0 Å². The Morgan fingerprint density at radius 3 is 2.67 bits per heavy atom. The largest absolute Gasteiger partial charge is 0.345 e. The molecule has 1 aromatic heterocycles. The fourth-order valence-corrected chi connectivity index (χ4v) is 2.20. The summed E-state index contributed by atoms with van der Waals surface area (Å²) in [5.41, 5.74) is 0.985. The summed E-state index contributed by atoms with van der Waals surface area (Å²) in [6, 6.07) is 3.33. The van der Waals surface area contributed by atoms with Crippen molar-refractivity contribution in [3.63, 3.8) is 0 Å². The third-order valence-electron chi connectivity index (χ3n) is 3.07. The summed E-state index contributed by atoms with van der Waals surface area (Å²) < 4.78 is 0. The molecule has 1 aliphatic heterocycles. The van der Waals surface area contributed by atoms with Gasteiger partial charge in [0.1, 0.15) is 6.04 Å². The van der Waals surface area contributed by atoms with Crippen LogP contribution in [-0.4, -0.2) is 34.3 Å². The first-order chi connectivity index (χ1) is 8.59. The molecule has 1 fully saturated rings. The van der Waals surface area contributed by atoms with Gasteiger partial charge in [-0.2, -0.15) is 0 Å². The number of amides is 2. The zero-order valence-corrected chi connectivity index (χ0v) is 10.6. The number of aromatic nitrogens is 1. The average molecular weight is 247 g/mol. The molecule has 2 heterocycles. The summed E-state index contributed by atoms with van der Waals surface area (Å²) >= 11 is 0. The first-order valence-electron chi connectivity index (χ1n) is 6.05. The maximum absolute atomic E-state index is 12.0. The standard InChI is InChI=1S/C13H17N3O2/c1-9(2)12-13(18)15-7-11(17)16(12)8-10-3-5-14-6-4-10/h3-6,9,12H,7-8H2,1-2H3,(H,15,18). The fourth-order valence-electron chi connectivity index (χ4n) is 2.20. The monoisotopic (exact) mass is 247 g/mol. The Labute approximate surface area is 106 Å². The van der Waals surface area contributed by atoms with Gasteiger partial charge in [0.15, 0.2) is 0 Å². The summed E-state index contributed by atoms with van der Waals surface area (Å²) in [4.78, 5) is 29.4. The lowest BCUT2D eigenvalue weighted by molar-refractivity contribution is -0.148. The molecular formula is C13H17N3O2. The summed E-state index contributed by atoms with van der Waals surface area (Å²) in [6.45, 7) is 4.44. The molecule has 0 aliphatic carbocycles. The minimum absolute atomic E-state index is 0.0369. The van der Waals surface area contributed by atoms with Gasteiger partial charge in [-0.1, -0.05) is 13.8 Å². The van der Waals surface area contributed by atoms with E-state index in [1.54, 1.807) is 17.3 Å². The van der Waals surface area contributed by atoms with E-state index in [1.807, 2.05) is 26.0 Å². The minimum Gasteiger partial charge on any atom is -0.345 e. The molecule has 0 saturated carbocycles. The van der Waals surface area contributed by atoms with Crippen LogP contribution in [0.25, 0.3) is 0 Å². The zero-order chi connectivity index (χ0) is 13.1. The van der Waals surface area contributed by atoms with E-state index in [-0.39, 0.29) is 30.3 Å². The van der Waals surface area contributed by atoms with Crippen molar-refractivity contribution in [1.29, 1.82) is 0 Å². The third-order valence-corrected chi connectivity index (χ3v) is 3.07. The fraction of sp³-hybridized carbons (Fsp3) is 0.462. The molecule has 0 radical (unpaired) electrons. The highest BCUT2D eigenvalue weighted by atomic mass is 16.2. The molecule has 5 heteroatoms. The smallest absolute Gasteiger partial charge is 0.243 e. The zero-order valence-electron chi connectivity index (χ0n) is 10.6. The van der Waals surface area contributed by atoms with Crippen molar-refractivity contribution in [2.75, 3.05) is 6.54 Å². The van der Waals surface area contributed by atoms with Crippen molar-refractivity contribution >= 4 is 11.8 Å². The van der Waals surface area contributed by atoms with Crippen molar-refractivity contribution < 1.29 is 9.59 Å². The average Bonchev–Trinajstić information content (AvgIpc) is 2.35. The van der Waals surface area contributed by atoms with Crippen molar-refractivity contribution in [3.8, 4) is 0 Å². The van der Waals surface area contributed by atoms with E-state index in [0.29, 0.717) is 6.54 Å². The Morgan fingerprint density at radius 1 is 1.39 bits per heavy atom. The van der Waals surface area contributed by atoms with Gasteiger partial charge >= 0.3 is 0 Å². The molecule has 1 saturated heterocycles. The predicted molar refractivity (Wildman–Crippen MR) is 66.4 cm³/mol. The normalized spacial score (nSPS) is 20.2. The Hall–Kier alpha value is -1.91. The summed E-state index contributed by atoms with van der Waals surface area (Å²) in [5.74, 6) is -0.0140. The van der Waals surface area contributed by atoms with Crippen LogP contribution in [0.4, 0.5) is 0 Å². The molecule has 1 aromatic rings. The van der Waals surface area contributed by atoms with E-state index in [4.69, 9.17) is 0 Å². The van der Waals surface area contributed by atoms with Gasteiger partial charge in [0.05, 0.1) is 6.54 Å². The number of carbonyl (C=O) groups is 2. The van der Waals surface area contributed by atoms with Crippen LogP contribution in [0.15, 0.2) is 24.5 Å². The van der Waals surface area contributed by atoms with Crippen LogP contribution >= 0.6 is 0 Å². The van der Waals surface area contributed by atoms with E-state index >= 15 is 0 Å². The maximum atomic E-state index is 12.0. The van der Waals surface area contributed by atoms with Crippen molar-refractivity contribution in [2.24, 2.45) is 5.92 Å². The van der Waals surface area contributed by atoms with E-state index in [2.05, 4.69) is 10.3 Å². The number of piperazine rings is 1. The number of carbonyl (C=O) groups excluding carboxylic acids is 2. The van der Waals surface area contributed by atoms with Crippen molar-refractivity contribution in [3.05, 3.63) is 30.1 Å². The van der Waals surface area contributed by atoms with Gasteiger partial charge in [0.25, 0.3) is 0 Å². The Kier molecular flexibility index (Phi) is 3.60. The first-order valence-corrected chi connectivity index (χ1v) is 6.05. The van der Waals surface area contributed by atoms with Crippen molar-refractivity contribution in [2.45, 2.75) is 26.4 Å². The summed E-state index contributed by atoms with van der Waals surface area (Å²) in [5, 5.41) is 2.64. The molecule has 2 amide bonds. The molecule has 0 bridgehead atoms. The van der Waals surface area contributed by atoms with Crippen LogP contribution in [0, 0.1) is 5.92 Å². The summed E-state index contributed by atoms with van der Waals surface area (Å²) in [6.07, 6.45) is 3.38. The Bertz CT molecular complexity index is 445. The predicted octanol–water partition coefficient (Wildman–Crippen LogP) is 0.565. The second-order valence-electron chi connectivity index (χ2n) is 4.78. The van der Waals surface area contributed by atoms with E-state index in [1.165, 1.54) is 0 Å². The number of pyridine rings is 1. The molecule has 2 rings (SSSR count). The molecule has 18 heavy (non-hydrogen) atoms. The first kappa shape index (κ1) is 12.5. The lowest BCUT2D eigenvalue weighted by atomic mass is 9.99. The van der Waals surface area contributed by atoms with E-state index in [9.17, 15) is 9.59 Å². The topological polar surface area (TPSA) is 62.3 Å². The van der Waals surface area contributed by atoms with Gasteiger partial charge in [-0.05, 0) is 23.6 Å². The van der Waals surface area contributed by atoms with Crippen LogP contribution in [0.3, 0.4) is 0 Å². The second kappa shape index (κ2) is 5.16. The quantitative estimate of drug-likeness (QED) is 0.849. The maximum Gasteiger partial charge on any atom is 0.243 e. The van der Waals surface area contributed by atoms with Crippen LogP contribution in [0.5, 0.6) is 0 Å². The van der Waals surface area contributed by atoms with Gasteiger partial charge in [0, 0.05) is 18.9 Å². The van der Waals surface area contributed by atoms with Crippen molar-refractivity contribution in [1.82, 2.24) is 15.2 Å². The SMILES string of the molecule is CC(C)C1C(=O)NCC(=O)N1Cc1ccncc1. The number of rotatable bonds is 3. The van der Waals surface area contributed by atoms with Gasteiger partial charge in [-0.25, -0.2) is 0 Å². The van der Waals surface area contributed by atoms with Gasteiger partial charge in [-0.3, -0.25) is 14.6 Å².